The van der Waals surface area contributed by atoms with Crippen molar-refractivity contribution in [1.29, 1.82) is 0 Å². The first-order valence-corrected chi connectivity index (χ1v) is 13.4. The van der Waals surface area contributed by atoms with Crippen LogP contribution in [0.4, 0.5) is 0 Å². The lowest BCUT2D eigenvalue weighted by Crippen LogP contribution is -2.09. The fraction of sp³-hybridized carbons (Fsp3) is 0.484. The molecule has 6 rings (SSSR count). The summed E-state index contributed by atoms with van der Waals surface area (Å²) in [6.07, 6.45) is 15.0. The van der Waals surface area contributed by atoms with Crippen molar-refractivity contribution in [2.45, 2.75) is 69.5 Å². The average Bonchev–Trinajstić information content (AvgIpc) is 3.85. The Balaban J connectivity index is 1.16. The van der Waals surface area contributed by atoms with Gasteiger partial charge in [-0.05, 0) is 83.7 Å². The second-order valence-electron chi connectivity index (χ2n) is 10.4. The predicted octanol–water partition coefficient (Wildman–Crippen LogP) is 6.94. The van der Waals surface area contributed by atoms with E-state index in [1.54, 1.807) is 0 Å². The Morgan fingerprint density at radius 2 is 1.43 bits per heavy atom. The van der Waals surface area contributed by atoms with Crippen LogP contribution in [-0.4, -0.2) is 38.6 Å². The molecule has 4 nitrogen and oxygen atoms in total. The topological polar surface area (TPSA) is 43.5 Å². The molecule has 3 fully saturated rings. The highest BCUT2D eigenvalue weighted by Gasteiger charge is 2.24. The van der Waals surface area contributed by atoms with Crippen LogP contribution in [0.25, 0.3) is 11.1 Å². The second kappa shape index (κ2) is 10.6. The van der Waals surface area contributed by atoms with E-state index in [0.717, 1.165) is 50.6 Å². The number of rotatable bonds is 10. The highest BCUT2D eigenvalue weighted by atomic mass is 16.6. The van der Waals surface area contributed by atoms with Crippen LogP contribution < -0.4 is 9.47 Å². The van der Waals surface area contributed by atoms with Gasteiger partial charge in [-0.3, -0.25) is 0 Å². The molecule has 2 saturated heterocycles. The number of epoxide rings is 2. The monoisotopic (exact) mass is 472 g/mol. The number of hydrogen-bond donors (Lipinski definition) is 0. The van der Waals surface area contributed by atoms with Crippen LogP contribution in [0, 0.1) is 0 Å². The van der Waals surface area contributed by atoms with Gasteiger partial charge < -0.3 is 18.9 Å². The Kier molecular flexibility index (Phi) is 6.92. The van der Waals surface area contributed by atoms with E-state index in [-0.39, 0.29) is 6.10 Å². The molecule has 0 N–H and O–H groups in total. The molecule has 2 aromatic carbocycles. The summed E-state index contributed by atoms with van der Waals surface area (Å²) in [6, 6.07) is 15.4. The van der Waals surface area contributed by atoms with Crippen molar-refractivity contribution in [1.82, 2.24) is 0 Å². The summed E-state index contributed by atoms with van der Waals surface area (Å²) in [4.78, 5) is 0. The van der Waals surface area contributed by atoms with Crippen LogP contribution in [0.5, 0.6) is 11.5 Å². The molecule has 0 spiro atoms. The van der Waals surface area contributed by atoms with Gasteiger partial charge in [0.2, 0.25) is 0 Å². The standard InChI is InChI=1S/C31H36O4/c1-2-4-25(5-3-1)30-18-26(12-15-31(30)32-17-16-28-19-34-28)24-8-6-22(7-9-24)23-10-13-27(14-11-23)33-20-29-21-35-29/h6,8,10-15,18,25,28-29H,1-5,7,9,16-17,19-21H2. The van der Waals surface area contributed by atoms with Crippen LogP contribution in [0.3, 0.4) is 0 Å². The highest BCUT2D eigenvalue weighted by Crippen LogP contribution is 2.40. The first kappa shape index (κ1) is 22.9. The molecule has 2 unspecified atom stereocenters. The van der Waals surface area contributed by atoms with E-state index in [9.17, 15) is 0 Å². The van der Waals surface area contributed by atoms with Crippen molar-refractivity contribution in [2.75, 3.05) is 26.4 Å². The van der Waals surface area contributed by atoms with Crippen molar-refractivity contribution in [2.24, 2.45) is 0 Å². The van der Waals surface area contributed by atoms with E-state index in [1.807, 2.05) is 0 Å². The van der Waals surface area contributed by atoms with E-state index in [4.69, 9.17) is 18.9 Å². The van der Waals surface area contributed by atoms with Gasteiger partial charge in [0.1, 0.15) is 24.2 Å². The third kappa shape index (κ3) is 5.99. The van der Waals surface area contributed by atoms with Gasteiger partial charge in [-0.1, -0.05) is 49.6 Å². The lowest BCUT2D eigenvalue weighted by Gasteiger charge is -2.25. The zero-order valence-corrected chi connectivity index (χ0v) is 20.5. The predicted molar refractivity (Wildman–Crippen MR) is 139 cm³/mol. The van der Waals surface area contributed by atoms with Crippen LogP contribution in [0.1, 0.15) is 74.0 Å². The minimum absolute atomic E-state index is 0.288. The van der Waals surface area contributed by atoms with Gasteiger partial charge in [0, 0.05) is 6.42 Å². The zero-order valence-electron chi connectivity index (χ0n) is 20.5. The second-order valence-corrected chi connectivity index (χ2v) is 10.4. The normalized spacial score (nSPS) is 23.9. The van der Waals surface area contributed by atoms with Gasteiger partial charge in [0.05, 0.1) is 25.9 Å². The molecule has 2 heterocycles. The first-order chi connectivity index (χ1) is 17.3. The molecule has 4 heteroatoms. The summed E-state index contributed by atoms with van der Waals surface area (Å²) in [7, 11) is 0. The summed E-state index contributed by atoms with van der Waals surface area (Å²) < 4.78 is 22.6. The van der Waals surface area contributed by atoms with Crippen LogP contribution in [0.15, 0.2) is 54.6 Å². The fourth-order valence-corrected chi connectivity index (χ4v) is 5.38. The Hall–Kier alpha value is -2.56. The Morgan fingerprint density at radius 1 is 0.743 bits per heavy atom. The molecule has 2 atom stereocenters. The maximum Gasteiger partial charge on any atom is 0.122 e. The molecule has 4 aliphatic rings. The van der Waals surface area contributed by atoms with E-state index < -0.39 is 0 Å². The molecule has 35 heavy (non-hydrogen) atoms. The lowest BCUT2D eigenvalue weighted by atomic mass is 9.82. The lowest BCUT2D eigenvalue weighted by molar-refractivity contribution is 0.263. The summed E-state index contributed by atoms with van der Waals surface area (Å²) in [5.41, 5.74) is 6.86. The smallest absolute Gasteiger partial charge is 0.122 e. The molecule has 0 amide bonds. The highest BCUT2D eigenvalue weighted by molar-refractivity contribution is 5.78. The van der Waals surface area contributed by atoms with E-state index >= 15 is 0 Å². The van der Waals surface area contributed by atoms with Crippen LogP contribution in [0.2, 0.25) is 0 Å². The third-order valence-electron chi connectivity index (χ3n) is 7.74. The SMILES string of the molecule is C1=C(c2ccc(OCC3CO3)cc2)CCC(c2ccc(OCCC3CO3)c(C3CCCCC3)c2)=C1. The zero-order chi connectivity index (χ0) is 23.5. The Labute approximate surface area is 208 Å². The van der Waals surface area contributed by atoms with E-state index in [0.29, 0.717) is 18.6 Å². The van der Waals surface area contributed by atoms with E-state index in [2.05, 4.69) is 54.6 Å². The average molecular weight is 473 g/mol. The van der Waals surface area contributed by atoms with Crippen molar-refractivity contribution >= 4 is 11.1 Å². The largest absolute Gasteiger partial charge is 0.493 e. The maximum atomic E-state index is 6.27. The van der Waals surface area contributed by atoms with Gasteiger partial charge in [0.25, 0.3) is 0 Å². The molecule has 2 aliphatic heterocycles. The van der Waals surface area contributed by atoms with Crippen molar-refractivity contribution in [3.63, 3.8) is 0 Å². The number of allylic oxidation sites excluding steroid dienone is 4. The Morgan fingerprint density at radius 3 is 2.11 bits per heavy atom. The van der Waals surface area contributed by atoms with Crippen molar-refractivity contribution < 1.29 is 18.9 Å². The minimum atomic E-state index is 0.288. The number of benzene rings is 2. The molecular formula is C31H36O4. The van der Waals surface area contributed by atoms with Crippen molar-refractivity contribution in [3.8, 4) is 11.5 Å². The molecule has 0 bridgehead atoms. The molecular weight excluding hydrogens is 436 g/mol. The molecule has 0 radical (unpaired) electrons. The molecule has 2 aromatic rings. The van der Waals surface area contributed by atoms with Gasteiger partial charge >= 0.3 is 0 Å². The number of hydrogen-bond acceptors (Lipinski definition) is 4. The van der Waals surface area contributed by atoms with Gasteiger partial charge in [0.15, 0.2) is 0 Å². The van der Waals surface area contributed by atoms with Gasteiger partial charge in [-0.25, -0.2) is 0 Å². The summed E-state index contributed by atoms with van der Waals surface area (Å²) in [6.45, 7) is 3.12. The first-order valence-electron chi connectivity index (χ1n) is 13.4. The Bertz CT molecular complexity index is 1070. The third-order valence-corrected chi connectivity index (χ3v) is 7.74. The van der Waals surface area contributed by atoms with E-state index in [1.165, 1.54) is 59.9 Å². The molecule has 2 aliphatic carbocycles. The molecule has 1 saturated carbocycles. The quantitative estimate of drug-likeness (QED) is 0.351. The van der Waals surface area contributed by atoms with Crippen LogP contribution >= 0.6 is 0 Å². The molecule has 184 valence electrons. The van der Waals surface area contributed by atoms with Crippen LogP contribution in [-0.2, 0) is 9.47 Å². The number of ether oxygens (including phenoxy) is 4. The van der Waals surface area contributed by atoms with Crippen molar-refractivity contribution in [3.05, 3.63) is 71.3 Å². The summed E-state index contributed by atoms with van der Waals surface area (Å²) in [5, 5.41) is 0. The van der Waals surface area contributed by atoms with Gasteiger partial charge in [-0.15, -0.1) is 0 Å². The fourth-order valence-electron chi connectivity index (χ4n) is 5.38. The summed E-state index contributed by atoms with van der Waals surface area (Å²) in [5.74, 6) is 2.63. The summed E-state index contributed by atoms with van der Waals surface area (Å²) >= 11 is 0. The maximum absolute atomic E-state index is 6.27. The molecule has 0 aromatic heterocycles. The minimum Gasteiger partial charge on any atom is -0.493 e. The van der Waals surface area contributed by atoms with Gasteiger partial charge in [-0.2, -0.15) is 0 Å².